The molecule has 1 aliphatic rings. The van der Waals surface area contributed by atoms with E-state index in [1.54, 1.807) is 23.3 Å². The van der Waals surface area contributed by atoms with Gasteiger partial charge in [-0.15, -0.1) is 11.3 Å². The van der Waals surface area contributed by atoms with Gasteiger partial charge in [0.2, 0.25) is 6.41 Å². The molecule has 0 spiro atoms. The molecule has 1 aliphatic heterocycles. The number of benzene rings is 2. The van der Waals surface area contributed by atoms with Gasteiger partial charge in [-0.1, -0.05) is 18.2 Å². The van der Waals surface area contributed by atoms with Gasteiger partial charge >= 0.3 is 0 Å². The Hall–Kier alpha value is -2.99. The summed E-state index contributed by atoms with van der Waals surface area (Å²) in [4.78, 5) is 21.9. The van der Waals surface area contributed by atoms with Crippen molar-refractivity contribution in [1.82, 2.24) is 14.9 Å². The first kappa shape index (κ1) is 15.3. The molecule has 4 aromatic rings. The first-order valence-corrected chi connectivity index (χ1v) is 9.34. The van der Waals surface area contributed by atoms with E-state index in [0.29, 0.717) is 6.54 Å². The molecule has 0 bridgehead atoms. The zero-order valence-electron chi connectivity index (χ0n) is 14.2. The Bertz CT molecular complexity index is 1170. The molecule has 1 amide bonds. The molecular formula is C20H16N4OS. The van der Waals surface area contributed by atoms with Crippen LogP contribution in [0.2, 0.25) is 0 Å². The highest BCUT2D eigenvalue weighted by atomic mass is 32.1. The van der Waals surface area contributed by atoms with Crippen LogP contribution in [-0.4, -0.2) is 34.9 Å². The Morgan fingerprint density at radius 1 is 1.15 bits per heavy atom. The van der Waals surface area contributed by atoms with Crippen molar-refractivity contribution < 1.29 is 4.79 Å². The Kier molecular flexibility index (Phi) is 3.39. The number of nitrogens with one attached hydrogen (secondary N) is 1. The number of para-hydroxylation sites is 1. The van der Waals surface area contributed by atoms with E-state index in [0.717, 1.165) is 45.3 Å². The molecule has 0 saturated carbocycles. The second kappa shape index (κ2) is 5.78. The lowest BCUT2D eigenvalue weighted by molar-refractivity contribution is -0.116. The summed E-state index contributed by atoms with van der Waals surface area (Å²) in [5.41, 5.74) is 9.51. The van der Waals surface area contributed by atoms with E-state index < -0.39 is 0 Å². The van der Waals surface area contributed by atoms with Gasteiger partial charge in [-0.3, -0.25) is 9.78 Å². The number of hydrogen-bond donors (Lipinski definition) is 1. The molecule has 128 valence electrons. The minimum atomic E-state index is 0.661. The summed E-state index contributed by atoms with van der Waals surface area (Å²) in [6, 6.07) is 10.4. The fraction of sp³-hybridized carbons (Fsp3) is 0.150. The van der Waals surface area contributed by atoms with E-state index in [1.807, 2.05) is 17.8 Å². The molecule has 26 heavy (non-hydrogen) atoms. The predicted octanol–water partition coefficient (Wildman–Crippen LogP) is 4.20. The van der Waals surface area contributed by atoms with Gasteiger partial charge in [-0.2, -0.15) is 0 Å². The van der Waals surface area contributed by atoms with Crippen LogP contribution < -0.4 is 5.32 Å². The van der Waals surface area contributed by atoms with Crippen molar-refractivity contribution in [2.24, 2.45) is 0 Å². The molecule has 0 saturated heterocycles. The minimum absolute atomic E-state index is 0.661. The average molecular weight is 360 g/mol. The van der Waals surface area contributed by atoms with Crippen molar-refractivity contribution >= 4 is 50.2 Å². The lowest BCUT2D eigenvalue weighted by atomic mass is 9.91. The van der Waals surface area contributed by atoms with E-state index in [9.17, 15) is 4.79 Å². The fourth-order valence-corrected chi connectivity index (χ4v) is 4.56. The number of anilines is 2. The molecule has 0 atom stereocenters. The Labute approximate surface area is 154 Å². The number of nitrogens with zero attached hydrogens (tertiary/aromatic N) is 3. The van der Waals surface area contributed by atoms with Crippen LogP contribution in [0.3, 0.4) is 0 Å². The number of amides is 1. The summed E-state index contributed by atoms with van der Waals surface area (Å²) < 4.78 is 1.14. The summed E-state index contributed by atoms with van der Waals surface area (Å²) in [7, 11) is 1.80. The van der Waals surface area contributed by atoms with Crippen molar-refractivity contribution in [3.63, 3.8) is 0 Å². The van der Waals surface area contributed by atoms with Crippen LogP contribution in [0.4, 0.5) is 11.4 Å². The lowest BCUT2D eigenvalue weighted by Gasteiger charge is -2.25. The average Bonchev–Trinajstić information content (AvgIpc) is 3.17. The van der Waals surface area contributed by atoms with Gasteiger partial charge in [-0.25, -0.2) is 4.98 Å². The maximum atomic E-state index is 11.0. The first-order valence-electron chi connectivity index (χ1n) is 8.46. The van der Waals surface area contributed by atoms with Crippen molar-refractivity contribution in [3.8, 4) is 11.1 Å². The lowest BCUT2D eigenvalue weighted by Crippen LogP contribution is -2.19. The molecule has 0 fully saturated rings. The Morgan fingerprint density at radius 2 is 2.04 bits per heavy atom. The van der Waals surface area contributed by atoms with E-state index in [4.69, 9.17) is 0 Å². The number of carbonyl (C=O) groups excluding carboxylic acids is 1. The van der Waals surface area contributed by atoms with E-state index >= 15 is 0 Å². The number of aromatic nitrogens is 2. The number of pyridine rings is 1. The second-order valence-corrected chi connectivity index (χ2v) is 7.33. The fourth-order valence-electron chi connectivity index (χ4n) is 3.69. The third kappa shape index (κ3) is 2.12. The molecule has 2 aromatic heterocycles. The van der Waals surface area contributed by atoms with Gasteiger partial charge in [0.1, 0.15) is 11.0 Å². The number of thiazole rings is 1. The van der Waals surface area contributed by atoms with Crippen LogP contribution in [0.1, 0.15) is 5.56 Å². The maximum absolute atomic E-state index is 11.0. The number of carbonyl (C=O) groups is 1. The van der Waals surface area contributed by atoms with Crippen LogP contribution >= 0.6 is 11.3 Å². The van der Waals surface area contributed by atoms with Gasteiger partial charge in [0.15, 0.2) is 0 Å². The summed E-state index contributed by atoms with van der Waals surface area (Å²) in [5.74, 6) is 0. The molecule has 0 radical (unpaired) electrons. The Balaban J connectivity index is 1.85. The molecule has 3 heterocycles. The highest BCUT2D eigenvalue weighted by Gasteiger charge is 2.24. The zero-order chi connectivity index (χ0) is 17.7. The maximum Gasteiger partial charge on any atom is 0.209 e. The predicted molar refractivity (Wildman–Crippen MR) is 106 cm³/mol. The number of hydrogen-bond acceptors (Lipinski definition) is 5. The normalized spacial score (nSPS) is 12.0. The summed E-state index contributed by atoms with van der Waals surface area (Å²) in [5, 5.41) is 4.75. The molecule has 0 aliphatic carbocycles. The molecule has 5 rings (SSSR count). The second-order valence-electron chi connectivity index (χ2n) is 6.47. The monoisotopic (exact) mass is 360 g/mol. The topological polar surface area (TPSA) is 58.1 Å². The SMILES string of the molecule is CN(C=O)CCc1c2c3c(ccnc3c3ncsc13)-c1ccccc1N2. The number of likely N-dealkylation sites (N-methyl/N-ethyl adjacent to an activating group) is 1. The van der Waals surface area contributed by atoms with E-state index in [1.165, 1.54) is 16.7 Å². The van der Waals surface area contributed by atoms with Crippen molar-refractivity contribution in [3.05, 3.63) is 47.6 Å². The highest BCUT2D eigenvalue weighted by Crippen LogP contribution is 2.48. The van der Waals surface area contributed by atoms with Crippen molar-refractivity contribution in [2.75, 3.05) is 18.9 Å². The summed E-state index contributed by atoms with van der Waals surface area (Å²) >= 11 is 1.63. The molecule has 6 heteroatoms. The largest absolute Gasteiger partial charge is 0.354 e. The number of fused-ring (bicyclic) bond motifs is 4. The smallest absolute Gasteiger partial charge is 0.209 e. The van der Waals surface area contributed by atoms with Gasteiger partial charge in [0, 0.05) is 36.4 Å². The first-order chi connectivity index (χ1) is 12.8. The molecule has 0 unspecified atom stereocenters. The van der Waals surface area contributed by atoms with Crippen LogP contribution in [-0.2, 0) is 11.2 Å². The third-order valence-corrected chi connectivity index (χ3v) is 5.83. The van der Waals surface area contributed by atoms with E-state index in [2.05, 4.69) is 39.6 Å². The van der Waals surface area contributed by atoms with Crippen LogP contribution in [0.15, 0.2) is 42.0 Å². The number of rotatable bonds is 4. The van der Waals surface area contributed by atoms with Crippen molar-refractivity contribution in [1.29, 1.82) is 0 Å². The minimum Gasteiger partial charge on any atom is -0.354 e. The van der Waals surface area contributed by atoms with E-state index in [-0.39, 0.29) is 0 Å². The quantitative estimate of drug-likeness (QED) is 0.488. The standard InChI is InChI=1S/C20H16N4OS/c1-24(11-25)9-7-14-17-16-13(12-4-2-3-5-15(12)23-17)6-8-21-18(16)19-20(14)26-10-22-19/h2-6,8,10-11,23H,7,9H2,1H3. The molecule has 1 N–H and O–H groups in total. The van der Waals surface area contributed by atoms with Gasteiger partial charge in [0.05, 0.1) is 15.9 Å². The third-order valence-electron chi connectivity index (χ3n) is 4.94. The molecule has 5 nitrogen and oxygen atoms in total. The van der Waals surface area contributed by atoms with Crippen molar-refractivity contribution in [2.45, 2.75) is 6.42 Å². The van der Waals surface area contributed by atoms with Gasteiger partial charge < -0.3 is 10.2 Å². The van der Waals surface area contributed by atoms with Gasteiger partial charge in [-0.05, 0) is 29.7 Å². The zero-order valence-corrected chi connectivity index (χ0v) is 15.0. The van der Waals surface area contributed by atoms with Crippen LogP contribution in [0.25, 0.3) is 32.2 Å². The molecule has 2 aromatic carbocycles. The Morgan fingerprint density at radius 3 is 2.92 bits per heavy atom. The van der Waals surface area contributed by atoms with Crippen LogP contribution in [0, 0.1) is 0 Å². The summed E-state index contributed by atoms with van der Waals surface area (Å²) in [6.45, 7) is 0.661. The highest BCUT2D eigenvalue weighted by molar-refractivity contribution is 7.17. The molecular weight excluding hydrogens is 344 g/mol. The van der Waals surface area contributed by atoms with Gasteiger partial charge in [0.25, 0.3) is 0 Å². The summed E-state index contributed by atoms with van der Waals surface area (Å²) in [6.07, 6.45) is 3.50. The van der Waals surface area contributed by atoms with Crippen LogP contribution in [0.5, 0.6) is 0 Å².